The highest BCUT2D eigenvalue weighted by Gasteiger charge is 2.78. The van der Waals surface area contributed by atoms with Gasteiger partial charge in [0.1, 0.15) is 0 Å². The van der Waals surface area contributed by atoms with E-state index in [0.717, 1.165) is 119 Å². The molecule has 2 spiro atoms. The number of rotatable bonds is 27. The fraction of sp³-hybridized carbons (Fsp3) is 0.529. The summed E-state index contributed by atoms with van der Waals surface area (Å²) in [5.74, 6) is -3.50. The van der Waals surface area contributed by atoms with Crippen LogP contribution in [0, 0.1) is 75.0 Å². The van der Waals surface area contributed by atoms with Crippen molar-refractivity contribution in [3.8, 4) is 0 Å². The number of ketones is 1. The average Bonchev–Trinajstić information content (AvgIpc) is 1.48. The monoisotopic (exact) mass is 1690 g/mol. The normalized spacial score (nSPS) is 24.0. The molecule has 16 heterocycles. The number of esters is 2. The van der Waals surface area contributed by atoms with Gasteiger partial charge in [0.2, 0.25) is 23.2 Å². The summed E-state index contributed by atoms with van der Waals surface area (Å²) in [6.45, 7) is 30.2. The number of nitrogens with one attached hydrogen (secondary N) is 4. The molecule has 0 aliphatic carbocycles. The van der Waals surface area contributed by atoms with Crippen molar-refractivity contribution in [2.75, 3.05) is 97.7 Å². The molecular weight excluding hydrogens is 1570 g/mol. The van der Waals surface area contributed by atoms with Crippen LogP contribution in [-0.2, 0) is 40.5 Å². The Kier molecular flexibility index (Phi) is 23.9. The van der Waals surface area contributed by atoms with Crippen molar-refractivity contribution in [1.82, 2.24) is 39.5 Å². The lowest BCUT2D eigenvalue weighted by atomic mass is 9.83. The van der Waals surface area contributed by atoms with Gasteiger partial charge in [-0.05, 0) is 94.4 Å². The van der Waals surface area contributed by atoms with Crippen molar-refractivity contribution in [2.24, 2.45) is 92.5 Å². The van der Waals surface area contributed by atoms with Gasteiger partial charge >= 0.3 is 23.8 Å². The number of hydrogen-bond acceptors (Lipinski definition) is 17. The number of hydrogen-bond donors (Lipinski definition) is 11. The molecule has 29 nitrogen and oxygen atoms in total. The van der Waals surface area contributed by atoms with E-state index in [2.05, 4.69) is 172 Å². The van der Waals surface area contributed by atoms with Gasteiger partial charge in [0.25, 0.3) is 11.8 Å². The molecule has 0 bridgehead atoms. The number of aliphatic imine (C=N–C) groups is 1. The molecule has 4 aromatic rings. The van der Waals surface area contributed by atoms with Gasteiger partial charge in [0.05, 0.1) is 147 Å². The molecule has 0 fully saturated rings. The largest absolute Gasteiger partial charge is 0.552 e. The minimum atomic E-state index is -1.12. The first-order valence-electron chi connectivity index (χ1n) is 40.8. The minimum Gasteiger partial charge on any atom is -0.469 e. The summed E-state index contributed by atoms with van der Waals surface area (Å²) in [7, 11) is 2.78. The lowest BCUT2D eigenvalue weighted by Crippen LogP contribution is -2.70. The van der Waals surface area contributed by atoms with Crippen molar-refractivity contribution in [2.45, 2.75) is 146 Å². The highest BCUT2D eigenvalue weighted by Crippen LogP contribution is 2.59. The number of carbonyl (C=O) groups excluding carboxylic acids is 7. The first-order chi connectivity index (χ1) is 55.2. The second-order valence-corrected chi connectivity index (χ2v) is 31.8. The fourth-order valence-corrected chi connectivity index (χ4v) is 21.2. The molecule has 0 saturated heterocycles. The summed E-state index contributed by atoms with van der Waals surface area (Å²) in [4.78, 5) is 103. The highest BCUT2D eigenvalue weighted by atomic mass is 127. The number of Topliss-reactive ketones (excluding diaryl/α,β-unsaturated/α-hetero) is 1. The number of alkyl halides is 1. The highest BCUT2D eigenvalue weighted by molar-refractivity contribution is 14.1. The average molecular weight is 1690 g/mol. The van der Waals surface area contributed by atoms with Gasteiger partial charge in [-0.3, -0.25) is 38.6 Å². The number of carbonyl (C=O) groups is 7. The number of allylic oxidation sites excluding steroid dienone is 4. The Balaban J connectivity index is 0.000000188. The van der Waals surface area contributed by atoms with E-state index in [-0.39, 0.29) is 122 Å². The van der Waals surface area contributed by atoms with Crippen LogP contribution in [0.15, 0.2) is 27.8 Å². The van der Waals surface area contributed by atoms with Crippen LogP contribution in [0.4, 0.5) is 0 Å². The number of amides is 4. The zero-order valence-corrected chi connectivity index (χ0v) is 71.5. The van der Waals surface area contributed by atoms with Crippen molar-refractivity contribution in [1.29, 1.82) is 0 Å². The van der Waals surface area contributed by atoms with Crippen LogP contribution < -0.4 is 82.8 Å². The molecule has 115 heavy (non-hydrogen) atoms. The van der Waals surface area contributed by atoms with Crippen molar-refractivity contribution in [3.63, 3.8) is 0 Å². The van der Waals surface area contributed by atoms with E-state index in [4.69, 9.17) is 54.6 Å². The summed E-state index contributed by atoms with van der Waals surface area (Å²) in [5, 5.41) is 15.9. The Labute approximate surface area is 684 Å². The number of aromatic nitrogens is 4. The molecule has 0 saturated carbocycles. The van der Waals surface area contributed by atoms with Gasteiger partial charge in [-0.1, -0.05) is 82.4 Å². The predicted molar refractivity (Wildman–Crippen MR) is 455 cm³/mol. The van der Waals surface area contributed by atoms with E-state index in [1.54, 1.807) is 6.92 Å². The molecule has 4 aromatic heterocycles. The number of nitrogens with zero attached hydrogens (tertiary/aromatic N) is 9. The molecule has 4 amide bonds. The fourth-order valence-electron chi connectivity index (χ4n) is 21.2. The summed E-state index contributed by atoms with van der Waals surface area (Å²) in [5.41, 5.74) is 59.6. The summed E-state index contributed by atoms with van der Waals surface area (Å²) in [6, 6.07) is 0. The van der Waals surface area contributed by atoms with Crippen molar-refractivity contribution >= 4 is 140 Å². The second kappa shape index (κ2) is 32.7. The molecule has 12 aliphatic heterocycles. The zero-order chi connectivity index (χ0) is 83.2. The zero-order valence-electron chi connectivity index (χ0n) is 69.3. The molecule has 0 aromatic carbocycles. The van der Waals surface area contributed by atoms with Crippen LogP contribution in [0.25, 0.3) is 47.6 Å². The standard InChI is InChI=1S/C42H54N10O4.C40H48N8O5.C2H8N2.CH3I/c1-8-26-21(2)29-20-34-37(25(6)46-14-11-43)23(4)31-18-30-22(3)27(9-10-35(53)47-15-12-44)39-28(17-36(54)56-7)40-38(41(55)48-16-13-45)24(5)32-19-33(26)49(29)42(50(31)34,51(30)39)52(32)40;1-8-24-19(2)27-18-32-35(23(6)49)21(4)29-16-28-20(3)25(9-10-33(50)43-13-11-41)37-26(15-34(51)53-7)38-36(39(52)44-14-12-42)22(5)30-17-31(24)45(27)40(46(29)32,47(28)37)48(30)38;3-1-2-4;1-2/h18-22,26-27H,8-17,43-45H2,1-7H3;16-20,24-25H,8-15,41-42H2,1-7H3;1-4H2;1H3/p+4/t21-,22+,26-,27+,42?;19-,20+,24-,25+,40?;;/m11../s1. The van der Waals surface area contributed by atoms with Gasteiger partial charge < -0.3 is 70.9 Å². The Morgan fingerprint density at radius 3 is 1.17 bits per heavy atom. The third-order valence-corrected chi connectivity index (χ3v) is 25.9. The van der Waals surface area contributed by atoms with E-state index in [1.165, 1.54) is 25.6 Å². The SMILES string of the molecule is CC[C@H]1C2=Cc3c(C)c(C(=O)NCCN)c4n3C35n6c(c(C)c(C(C)=NCCN)c6=CC(=[N+]23)[C@@H]1C)=CC1=[N+]5C(=C4CC(=O)OC)[C@@H](CCC(=O)NCCN)[C@@H]1C.CC[C@H]1C2=Cc3c(C)c(C(=O)NCCN)c4n3C35n6c(c(C)c(C(C)=O)c6=CC(=[N+]23)[C@@H]1C)=CC1=[N+]5C(=C4CC(=O)OC)[C@@H](CCC(=O)NCCN)[C@@H]1C.CI.NCCN. The molecule has 12 aliphatic rings. The number of ether oxygens (including phenoxy) is 2. The van der Waals surface area contributed by atoms with Crippen LogP contribution in [0.2, 0.25) is 0 Å². The second-order valence-electron chi connectivity index (χ2n) is 31.8. The Hall–Kier alpha value is -9.15. The van der Waals surface area contributed by atoms with Gasteiger partial charge in [-0.25, -0.2) is 0 Å². The first-order valence-corrected chi connectivity index (χ1v) is 43.0. The van der Waals surface area contributed by atoms with E-state index >= 15 is 0 Å². The van der Waals surface area contributed by atoms with Gasteiger partial charge in [0.15, 0.2) is 40.0 Å². The molecule has 2 unspecified atom stereocenters. The molecule has 0 radical (unpaired) electrons. The number of nitrogens with two attached hydrogens (primary N) is 7. The third kappa shape index (κ3) is 12.2. The maximum absolute atomic E-state index is 14.6. The van der Waals surface area contributed by atoms with Gasteiger partial charge in [-0.2, -0.15) is 18.3 Å². The summed E-state index contributed by atoms with van der Waals surface area (Å²) < 4.78 is 29.9. The summed E-state index contributed by atoms with van der Waals surface area (Å²) >= 11 is 2.15. The van der Waals surface area contributed by atoms with Crippen LogP contribution >= 0.6 is 22.6 Å². The Morgan fingerprint density at radius 1 is 0.461 bits per heavy atom. The molecular formula is C85H117IN20O9+4. The first kappa shape index (κ1) is 83.8. The minimum absolute atomic E-state index is 0.0118. The van der Waals surface area contributed by atoms with Gasteiger partial charge in [-0.15, -0.1) is 0 Å². The maximum Gasteiger partial charge on any atom is 0.552 e. The maximum atomic E-state index is 14.6. The molecule has 30 heteroatoms. The van der Waals surface area contributed by atoms with E-state index < -0.39 is 23.8 Å². The van der Waals surface area contributed by atoms with Crippen LogP contribution in [-0.4, -0.2) is 204 Å². The third-order valence-electron chi connectivity index (χ3n) is 25.9. The molecule has 16 rings (SSSR count). The van der Waals surface area contributed by atoms with Crippen LogP contribution in [0.5, 0.6) is 0 Å². The lowest BCUT2D eigenvalue weighted by molar-refractivity contribution is -0.838. The molecule has 18 N–H and O–H groups in total. The van der Waals surface area contributed by atoms with E-state index in [9.17, 15) is 33.6 Å². The van der Waals surface area contributed by atoms with Crippen LogP contribution in [0.1, 0.15) is 188 Å². The van der Waals surface area contributed by atoms with Gasteiger partial charge in [0, 0.05) is 138 Å². The van der Waals surface area contributed by atoms with Crippen molar-refractivity contribution < 1.29 is 61.3 Å². The number of methoxy groups -OCH3 is 2. The Morgan fingerprint density at radius 2 is 0.817 bits per heavy atom. The smallest absolute Gasteiger partial charge is 0.469 e. The predicted octanol–water partition coefficient (Wildman–Crippen LogP) is 1.22. The topological polar surface area (TPSA) is 412 Å². The molecule has 10 atom stereocenters. The Bertz CT molecular complexity index is 5450. The quantitative estimate of drug-likeness (QED) is 0.00998. The van der Waals surface area contributed by atoms with E-state index in [1.807, 2.05) is 25.7 Å². The van der Waals surface area contributed by atoms with E-state index in [0.29, 0.717) is 105 Å². The number of halogens is 1. The van der Waals surface area contributed by atoms with Crippen LogP contribution in [0.3, 0.4) is 0 Å². The lowest BCUT2D eigenvalue weighted by Gasteiger charge is -2.39. The van der Waals surface area contributed by atoms with Crippen molar-refractivity contribution in [3.05, 3.63) is 111 Å². The molecule has 614 valence electrons. The summed E-state index contributed by atoms with van der Waals surface area (Å²) in [6.07, 6.45) is 16.8.